The molecule has 0 amide bonds. The summed E-state index contributed by atoms with van der Waals surface area (Å²) >= 11 is 0. The first kappa shape index (κ1) is 17.2. The van der Waals surface area contributed by atoms with Crippen LogP contribution in [0.15, 0.2) is 18.2 Å². The van der Waals surface area contributed by atoms with Gasteiger partial charge in [-0.3, -0.25) is 0 Å². The maximum absolute atomic E-state index is 3.31. The normalized spacial score (nSPS) is 12.4. The smallest absolute Gasteiger partial charge is 0.0000373 e. The first-order chi connectivity index (χ1) is 9.26. The van der Waals surface area contributed by atoms with E-state index in [0.717, 1.165) is 6.54 Å². The van der Waals surface area contributed by atoms with E-state index in [2.05, 4.69) is 65.1 Å². The van der Waals surface area contributed by atoms with Crippen molar-refractivity contribution in [3.05, 3.63) is 34.9 Å². The van der Waals surface area contributed by atoms with Gasteiger partial charge in [0.15, 0.2) is 0 Å². The van der Waals surface area contributed by atoms with Gasteiger partial charge in [-0.25, -0.2) is 0 Å². The first-order valence-corrected chi connectivity index (χ1v) is 8.04. The van der Waals surface area contributed by atoms with Crippen LogP contribution in [-0.4, -0.2) is 13.6 Å². The summed E-state index contributed by atoms with van der Waals surface area (Å²) in [6.45, 7) is 14.9. The molecule has 114 valence electrons. The van der Waals surface area contributed by atoms with Crippen molar-refractivity contribution in [1.82, 2.24) is 5.32 Å². The maximum atomic E-state index is 3.31. The van der Waals surface area contributed by atoms with E-state index in [-0.39, 0.29) is 0 Å². The topological polar surface area (TPSA) is 12.0 Å². The number of aryl methyl sites for hydroxylation is 1. The highest BCUT2D eigenvalue weighted by molar-refractivity contribution is 5.35. The molecule has 1 heteroatoms. The standard InChI is InChI=1S/C19H33N/c1-14(2)17-9-8-16(18(12-17)15(3)4)10-11-19(5,6)13-20-7/h8-9,12,14-15,20H,10-11,13H2,1-7H3. The molecule has 0 aromatic heterocycles. The van der Waals surface area contributed by atoms with Crippen LogP contribution in [0.5, 0.6) is 0 Å². The summed E-state index contributed by atoms with van der Waals surface area (Å²) in [5, 5.41) is 3.31. The minimum Gasteiger partial charge on any atom is -0.319 e. The lowest BCUT2D eigenvalue weighted by Crippen LogP contribution is -2.27. The van der Waals surface area contributed by atoms with E-state index in [4.69, 9.17) is 0 Å². The predicted octanol–water partition coefficient (Wildman–Crippen LogP) is 5.11. The lowest BCUT2D eigenvalue weighted by atomic mass is 9.83. The molecule has 1 aromatic carbocycles. The molecule has 0 atom stereocenters. The first-order valence-electron chi connectivity index (χ1n) is 8.04. The highest BCUT2D eigenvalue weighted by Crippen LogP contribution is 2.28. The molecule has 0 aliphatic heterocycles. The van der Waals surface area contributed by atoms with Crippen molar-refractivity contribution >= 4 is 0 Å². The van der Waals surface area contributed by atoms with Crippen LogP contribution in [0.25, 0.3) is 0 Å². The number of nitrogens with one attached hydrogen (secondary N) is 1. The molecule has 0 unspecified atom stereocenters. The summed E-state index contributed by atoms with van der Waals surface area (Å²) in [5.74, 6) is 1.22. The Hall–Kier alpha value is -0.820. The van der Waals surface area contributed by atoms with Crippen molar-refractivity contribution in [3.8, 4) is 0 Å². The molecule has 0 saturated heterocycles. The fraction of sp³-hybridized carbons (Fsp3) is 0.684. The molecule has 0 aliphatic rings. The molecule has 1 nitrogen and oxygen atoms in total. The molecule has 1 aromatic rings. The van der Waals surface area contributed by atoms with Gasteiger partial charge in [-0.2, -0.15) is 0 Å². The van der Waals surface area contributed by atoms with Gasteiger partial charge in [0, 0.05) is 0 Å². The van der Waals surface area contributed by atoms with Crippen LogP contribution in [0.4, 0.5) is 0 Å². The van der Waals surface area contributed by atoms with Gasteiger partial charge < -0.3 is 5.32 Å². The molecule has 0 aliphatic carbocycles. The van der Waals surface area contributed by atoms with Crippen LogP contribution in [-0.2, 0) is 6.42 Å². The second-order valence-electron chi connectivity index (χ2n) is 7.46. The fourth-order valence-electron chi connectivity index (χ4n) is 2.78. The minimum absolute atomic E-state index is 0.361. The zero-order chi connectivity index (χ0) is 15.3. The molecule has 1 N–H and O–H groups in total. The number of rotatable bonds is 7. The molecule has 0 saturated carbocycles. The van der Waals surface area contributed by atoms with E-state index in [1.807, 2.05) is 7.05 Å². The van der Waals surface area contributed by atoms with Crippen molar-refractivity contribution in [2.45, 2.75) is 66.2 Å². The Morgan fingerprint density at radius 3 is 2.20 bits per heavy atom. The van der Waals surface area contributed by atoms with Crippen LogP contribution in [0.2, 0.25) is 0 Å². The summed E-state index contributed by atoms with van der Waals surface area (Å²) in [6, 6.07) is 7.10. The highest BCUT2D eigenvalue weighted by Gasteiger charge is 2.18. The van der Waals surface area contributed by atoms with E-state index in [1.165, 1.54) is 29.5 Å². The SMILES string of the molecule is CNCC(C)(C)CCc1ccc(C(C)C)cc1C(C)C. The highest BCUT2D eigenvalue weighted by atomic mass is 14.8. The Bertz CT molecular complexity index is 416. The summed E-state index contributed by atoms with van der Waals surface area (Å²) < 4.78 is 0. The monoisotopic (exact) mass is 275 g/mol. The molecule has 0 fully saturated rings. The Morgan fingerprint density at radius 2 is 1.70 bits per heavy atom. The van der Waals surface area contributed by atoms with Crippen molar-refractivity contribution in [3.63, 3.8) is 0 Å². The third-order valence-corrected chi connectivity index (χ3v) is 4.19. The van der Waals surface area contributed by atoms with Gasteiger partial charge in [0.1, 0.15) is 0 Å². The average Bonchev–Trinajstić information content (AvgIpc) is 2.36. The van der Waals surface area contributed by atoms with Crippen molar-refractivity contribution < 1.29 is 0 Å². The predicted molar refractivity (Wildman–Crippen MR) is 90.6 cm³/mol. The van der Waals surface area contributed by atoms with E-state index >= 15 is 0 Å². The number of hydrogen-bond donors (Lipinski definition) is 1. The van der Waals surface area contributed by atoms with Gasteiger partial charge in [-0.1, -0.05) is 59.7 Å². The summed E-state index contributed by atoms with van der Waals surface area (Å²) in [4.78, 5) is 0. The molecule has 0 spiro atoms. The number of hydrogen-bond acceptors (Lipinski definition) is 1. The lowest BCUT2D eigenvalue weighted by Gasteiger charge is -2.25. The minimum atomic E-state index is 0.361. The Labute approximate surface area is 126 Å². The molecule has 20 heavy (non-hydrogen) atoms. The maximum Gasteiger partial charge on any atom is -0.0000373 e. The van der Waals surface area contributed by atoms with E-state index in [9.17, 15) is 0 Å². The molecule has 1 rings (SSSR count). The largest absolute Gasteiger partial charge is 0.319 e. The lowest BCUT2D eigenvalue weighted by molar-refractivity contribution is 0.324. The van der Waals surface area contributed by atoms with E-state index in [1.54, 1.807) is 0 Å². The summed E-state index contributed by atoms with van der Waals surface area (Å²) in [7, 11) is 2.04. The van der Waals surface area contributed by atoms with Crippen LogP contribution < -0.4 is 5.32 Å². The third kappa shape index (κ3) is 4.94. The Kier molecular flexibility index (Phi) is 6.26. The van der Waals surface area contributed by atoms with Gasteiger partial charge in [0.05, 0.1) is 0 Å². The Morgan fingerprint density at radius 1 is 1.05 bits per heavy atom. The van der Waals surface area contributed by atoms with Crippen LogP contribution >= 0.6 is 0 Å². The van der Waals surface area contributed by atoms with Crippen LogP contribution in [0.1, 0.15) is 76.5 Å². The van der Waals surface area contributed by atoms with Crippen molar-refractivity contribution in [2.75, 3.05) is 13.6 Å². The molecule has 0 radical (unpaired) electrons. The van der Waals surface area contributed by atoms with Gasteiger partial charge in [0.2, 0.25) is 0 Å². The van der Waals surface area contributed by atoms with Crippen LogP contribution in [0, 0.1) is 5.41 Å². The quantitative estimate of drug-likeness (QED) is 0.729. The Balaban J connectivity index is 2.89. The third-order valence-electron chi connectivity index (χ3n) is 4.19. The van der Waals surface area contributed by atoms with Gasteiger partial charge in [-0.05, 0) is 60.4 Å². The number of benzene rings is 1. The van der Waals surface area contributed by atoms with Gasteiger partial charge >= 0.3 is 0 Å². The average molecular weight is 275 g/mol. The molecule has 0 heterocycles. The second kappa shape index (κ2) is 7.26. The van der Waals surface area contributed by atoms with E-state index < -0.39 is 0 Å². The fourth-order valence-corrected chi connectivity index (χ4v) is 2.78. The van der Waals surface area contributed by atoms with E-state index in [0.29, 0.717) is 17.3 Å². The van der Waals surface area contributed by atoms with Crippen molar-refractivity contribution in [2.24, 2.45) is 5.41 Å². The summed E-state index contributed by atoms with van der Waals surface area (Å²) in [6.07, 6.45) is 2.41. The van der Waals surface area contributed by atoms with Gasteiger partial charge in [0.25, 0.3) is 0 Å². The van der Waals surface area contributed by atoms with Crippen molar-refractivity contribution in [1.29, 1.82) is 0 Å². The molecular weight excluding hydrogens is 242 g/mol. The second-order valence-corrected chi connectivity index (χ2v) is 7.46. The zero-order valence-electron chi connectivity index (χ0n) is 14.5. The van der Waals surface area contributed by atoms with Gasteiger partial charge in [-0.15, -0.1) is 0 Å². The zero-order valence-corrected chi connectivity index (χ0v) is 14.5. The molecule has 0 bridgehead atoms. The summed E-state index contributed by atoms with van der Waals surface area (Å²) in [5.41, 5.74) is 4.90. The van der Waals surface area contributed by atoms with Crippen LogP contribution in [0.3, 0.4) is 0 Å². The molecular formula is C19H33N.